The van der Waals surface area contributed by atoms with Crippen LogP contribution in [0.5, 0.6) is 17.2 Å². The maximum atomic E-state index is 12.8. The molecule has 4 aliphatic rings. The number of benzene rings is 1. The second-order valence-electron chi connectivity index (χ2n) is 8.46. The summed E-state index contributed by atoms with van der Waals surface area (Å²) in [5.41, 5.74) is 0.925. The van der Waals surface area contributed by atoms with Crippen LogP contribution >= 0.6 is 0 Å². The van der Waals surface area contributed by atoms with Crippen molar-refractivity contribution in [3.05, 3.63) is 17.7 Å². The quantitative estimate of drug-likeness (QED) is 0.846. The van der Waals surface area contributed by atoms with Crippen LogP contribution < -0.4 is 19.5 Å². The van der Waals surface area contributed by atoms with Gasteiger partial charge in [0.25, 0.3) is 0 Å². The van der Waals surface area contributed by atoms with E-state index in [1.54, 1.807) is 21.3 Å². The lowest BCUT2D eigenvalue weighted by atomic mass is 9.53. The molecule has 142 valence electrons. The average Bonchev–Trinajstić information content (AvgIpc) is 2.58. The summed E-state index contributed by atoms with van der Waals surface area (Å²) in [5, 5.41) is 3.42. The van der Waals surface area contributed by atoms with E-state index in [9.17, 15) is 4.79 Å². The predicted molar refractivity (Wildman–Crippen MR) is 98.8 cm³/mol. The van der Waals surface area contributed by atoms with Crippen molar-refractivity contribution in [2.24, 2.45) is 17.8 Å². The van der Waals surface area contributed by atoms with Crippen molar-refractivity contribution >= 4 is 5.91 Å². The van der Waals surface area contributed by atoms with Crippen LogP contribution in [0.15, 0.2) is 12.1 Å². The third kappa shape index (κ3) is 3.12. The number of rotatable bonds is 6. The van der Waals surface area contributed by atoms with Gasteiger partial charge in [0, 0.05) is 5.54 Å². The summed E-state index contributed by atoms with van der Waals surface area (Å²) >= 11 is 0. The highest BCUT2D eigenvalue weighted by Crippen LogP contribution is 2.55. The molecule has 0 saturated heterocycles. The van der Waals surface area contributed by atoms with Crippen molar-refractivity contribution in [2.45, 2.75) is 50.5 Å². The Kier molecular flexibility index (Phi) is 4.49. The van der Waals surface area contributed by atoms with Gasteiger partial charge in [0.05, 0.1) is 27.8 Å². The summed E-state index contributed by atoms with van der Waals surface area (Å²) in [6.07, 6.45) is 7.96. The van der Waals surface area contributed by atoms with E-state index in [0.717, 1.165) is 23.3 Å². The van der Waals surface area contributed by atoms with Gasteiger partial charge < -0.3 is 19.5 Å². The fraction of sp³-hybridized carbons (Fsp3) is 0.667. The minimum absolute atomic E-state index is 0.0481. The third-order valence-electron chi connectivity index (χ3n) is 6.53. The van der Waals surface area contributed by atoms with Gasteiger partial charge in [0.1, 0.15) is 0 Å². The van der Waals surface area contributed by atoms with Gasteiger partial charge in [-0.2, -0.15) is 0 Å². The Balaban J connectivity index is 1.48. The van der Waals surface area contributed by atoms with Crippen LogP contribution in [0.1, 0.15) is 44.1 Å². The molecule has 0 spiro atoms. The molecule has 0 aromatic heterocycles. The first-order valence-corrected chi connectivity index (χ1v) is 9.64. The highest BCUT2D eigenvalue weighted by atomic mass is 16.5. The minimum Gasteiger partial charge on any atom is -0.493 e. The number of amides is 1. The molecule has 26 heavy (non-hydrogen) atoms. The Morgan fingerprint density at radius 2 is 1.46 bits per heavy atom. The van der Waals surface area contributed by atoms with E-state index >= 15 is 0 Å². The molecule has 1 aromatic rings. The van der Waals surface area contributed by atoms with E-state index in [0.29, 0.717) is 23.7 Å². The third-order valence-corrected chi connectivity index (χ3v) is 6.53. The molecule has 5 rings (SSSR count). The van der Waals surface area contributed by atoms with Crippen molar-refractivity contribution in [2.75, 3.05) is 21.3 Å². The average molecular weight is 359 g/mol. The molecule has 0 aliphatic heterocycles. The molecule has 4 aliphatic carbocycles. The number of methoxy groups -OCH3 is 3. The SMILES string of the molecule is COc1cc(CC(=O)NC23CC4CC(CC(C4)C2)C3)cc(OC)c1OC. The van der Waals surface area contributed by atoms with E-state index in [1.807, 2.05) is 12.1 Å². The van der Waals surface area contributed by atoms with Gasteiger partial charge >= 0.3 is 0 Å². The van der Waals surface area contributed by atoms with Crippen LogP contribution in [-0.4, -0.2) is 32.8 Å². The number of carbonyl (C=O) groups is 1. The Hall–Kier alpha value is -1.91. The van der Waals surface area contributed by atoms with Gasteiger partial charge in [-0.05, 0) is 74.0 Å². The molecule has 0 atom stereocenters. The molecule has 4 saturated carbocycles. The Labute approximate surface area is 155 Å². The van der Waals surface area contributed by atoms with Crippen LogP contribution in [-0.2, 0) is 11.2 Å². The summed E-state index contributed by atoms with van der Waals surface area (Å²) in [7, 11) is 4.77. The van der Waals surface area contributed by atoms with Crippen molar-refractivity contribution < 1.29 is 19.0 Å². The predicted octanol–water partition coefficient (Wildman–Crippen LogP) is 3.34. The fourth-order valence-electron chi connectivity index (χ4n) is 6.03. The van der Waals surface area contributed by atoms with Crippen molar-refractivity contribution in [3.8, 4) is 17.2 Å². The van der Waals surface area contributed by atoms with Gasteiger partial charge in [-0.15, -0.1) is 0 Å². The van der Waals surface area contributed by atoms with Crippen LogP contribution in [0.25, 0.3) is 0 Å². The van der Waals surface area contributed by atoms with Crippen molar-refractivity contribution in [3.63, 3.8) is 0 Å². The molecule has 4 fully saturated rings. The lowest BCUT2D eigenvalue weighted by molar-refractivity contribution is -0.126. The minimum atomic E-state index is 0.0481. The van der Waals surface area contributed by atoms with Gasteiger partial charge in [-0.1, -0.05) is 0 Å². The lowest BCUT2D eigenvalue weighted by Crippen LogP contribution is -2.60. The topological polar surface area (TPSA) is 56.8 Å². The van der Waals surface area contributed by atoms with E-state index < -0.39 is 0 Å². The molecule has 5 heteroatoms. The highest BCUT2D eigenvalue weighted by molar-refractivity contribution is 5.80. The van der Waals surface area contributed by atoms with Gasteiger partial charge in [0.15, 0.2) is 11.5 Å². The zero-order chi connectivity index (χ0) is 18.3. The molecule has 0 unspecified atom stereocenters. The first kappa shape index (κ1) is 17.5. The summed E-state index contributed by atoms with van der Waals surface area (Å²) in [5.74, 6) is 4.29. The molecule has 5 nitrogen and oxygen atoms in total. The number of hydrogen-bond acceptors (Lipinski definition) is 4. The normalized spacial score (nSPS) is 31.6. The van der Waals surface area contributed by atoms with Crippen molar-refractivity contribution in [1.29, 1.82) is 0 Å². The summed E-state index contributed by atoms with van der Waals surface area (Å²) < 4.78 is 16.2. The van der Waals surface area contributed by atoms with Crippen LogP contribution in [0, 0.1) is 17.8 Å². The van der Waals surface area contributed by atoms with Gasteiger partial charge in [-0.3, -0.25) is 4.79 Å². The van der Waals surface area contributed by atoms with E-state index in [1.165, 1.54) is 38.5 Å². The number of carbonyl (C=O) groups excluding carboxylic acids is 1. The fourth-order valence-corrected chi connectivity index (χ4v) is 6.03. The highest BCUT2D eigenvalue weighted by Gasteiger charge is 2.51. The molecule has 0 heterocycles. The van der Waals surface area contributed by atoms with Crippen LogP contribution in [0.2, 0.25) is 0 Å². The zero-order valence-corrected chi connectivity index (χ0v) is 16.0. The second kappa shape index (κ2) is 6.67. The molecular weight excluding hydrogens is 330 g/mol. The molecule has 1 N–H and O–H groups in total. The van der Waals surface area contributed by atoms with Crippen LogP contribution in [0.4, 0.5) is 0 Å². The monoisotopic (exact) mass is 359 g/mol. The zero-order valence-electron chi connectivity index (χ0n) is 16.0. The molecule has 0 radical (unpaired) electrons. The number of hydrogen-bond donors (Lipinski definition) is 1. The maximum absolute atomic E-state index is 12.8. The summed E-state index contributed by atoms with van der Waals surface area (Å²) in [6, 6.07) is 3.72. The maximum Gasteiger partial charge on any atom is 0.224 e. The largest absolute Gasteiger partial charge is 0.493 e. The Morgan fingerprint density at radius 3 is 1.88 bits per heavy atom. The summed E-state index contributed by atoms with van der Waals surface area (Å²) in [6.45, 7) is 0. The Morgan fingerprint density at radius 1 is 0.962 bits per heavy atom. The van der Waals surface area contributed by atoms with E-state index in [-0.39, 0.29) is 11.4 Å². The second-order valence-corrected chi connectivity index (χ2v) is 8.46. The van der Waals surface area contributed by atoms with E-state index in [2.05, 4.69) is 5.32 Å². The molecule has 1 aromatic carbocycles. The molecule has 1 amide bonds. The smallest absolute Gasteiger partial charge is 0.224 e. The number of ether oxygens (including phenoxy) is 3. The lowest BCUT2D eigenvalue weighted by Gasteiger charge is -2.56. The molecular formula is C21H29NO4. The van der Waals surface area contributed by atoms with Crippen molar-refractivity contribution in [1.82, 2.24) is 5.32 Å². The van der Waals surface area contributed by atoms with Gasteiger partial charge in [0.2, 0.25) is 11.7 Å². The first-order valence-electron chi connectivity index (χ1n) is 9.64. The van der Waals surface area contributed by atoms with Crippen LogP contribution in [0.3, 0.4) is 0 Å². The molecule has 4 bridgehead atoms. The van der Waals surface area contributed by atoms with E-state index in [4.69, 9.17) is 14.2 Å². The van der Waals surface area contributed by atoms with Gasteiger partial charge in [-0.25, -0.2) is 0 Å². The standard InChI is InChI=1S/C21H29NO4/c1-24-17-7-13(8-18(25-2)20(17)26-3)9-19(23)22-21-10-14-4-15(11-21)6-16(5-14)12-21/h7-8,14-16H,4-6,9-12H2,1-3H3,(H,22,23). The first-order chi connectivity index (χ1) is 12.5. The Bertz CT molecular complexity index is 639. The summed E-state index contributed by atoms with van der Waals surface area (Å²) in [4.78, 5) is 12.8. The number of nitrogens with one attached hydrogen (secondary N) is 1.